The molecule has 2 aromatic heterocycles. The van der Waals surface area contributed by atoms with Crippen LogP contribution < -0.4 is 5.11 Å². The second-order valence-electron chi connectivity index (χ2n) is 6.17. The molecule has 4 rings (SSSR count). The van der Waals surface area contributed by atoms with Crippen LogP contribution in [-0.2, 0) is 27.7 Å². The van der Waals surface area contributed by atoms with Crippen molar-refractivity contribution in [1.29, 1.82) is 0 Å². The van der Waals surface area contributed by atoms with Gasteiger partial charge in [-0.05, 0) is 55.8 Å². The van der Waals surface area contributed by atoms with Crippen LogP contribution in [-0.4, -0.2) is 37.1 Å². The summed E-state index contributed by atoms with van der Waals surface area (Å²) in [7, 11) is 0. The van der Waals surface area contributed by atoms with E-state index in [9.17, 15) is 9.90 Å². The van der Waals surface area contributed by atoms with Gasteiger partial charge in [-0.1, -0.05) is 24.3 Å². The molecule has 2 heterocycles. The molecule has 0 bridgehead atoms. The molecule has 11 N–H and O–H groups in total. The number of phenolic OH excluding ortho intramolecular Hbond substituents is 1. The molecule has 0 amide bonds. The van der Waals surface area contributed by atoms with E-state index in [1.165, 1.54) is 24.3 Å². The third-order valence-corrected chi connectivity index (χ3v) is 3.90. The van der Waals surface area contributed by atoms with Crippen molar-refractivity contribution in [3.05, 3.63) is 92.9 Å². The van der Waals surface area contributed by atoms with E-state index in [1.807, 2.05) is 26.0 Å². The quantitative estimate of drug-likeness (QED) is 0.141. The van der Waals surface area contributed by atoms with E-state index in [0.29, 0.717) is 0 Å². The molecule has 0 aliphatic rings. The van der Waals surface area contributed by atoms with Crippen LogP contribution in [0.2, 0.25) is 0 Å². The van der Waals surface area contributed by atoms with Crippen LogP contribution in [0.4, 0.5) is 0 Å². The maximum absolute atomic E-state index is 10.1. The average Bonchev–Trinajstić information content (AvgIpc) is 2.68. The summed E-state index contributed by atoms with van der Waals surface area (Å²) >= 11 is 0. The fourth-order valence-corrected chi connectivity index (χ4v) is 2.56. The summed E-state index contributed by atoms with van der Waals surface area (Å²) in [6.45, 7) is 4.02. The van der Waals surface area contributed by atoms with Gasteiger partial charge in [-0.2, -0.15) is 0 Å². The molecular weight excluding hydrogens is 513 g/mol. The number of carbonyl (C=O) groups is 1. The number of aromatic hydroxyl groups is 1. The second-order valence-corrected chi connectivity index (χ2v) is 6.17. The third-order valence-electron chi connectivity index (χ3n) is 3.90. The van der Waals surface area contributed by atoms with Crippen molar-refractivity contribution in [2.45, 2.75) is 13.8 Å². The minimum absolute atomic E-state index is 0. The predicted molar refractivity (Wildman–Crippen MR) is 126 cm³/mol. The average molecular weight is 540 g/mol. The predicted octanol–water partition coefficient (Wildman–Crippen LogP) is -0.579. The Bertz CT molecular complexity index is 1140. The van der Waals surface area contributed by atoms with Gasteiger partial charge in [0.15, 0.2) is 0 Å². The van der Waals surface area contributed by atoms with Gasteiger partial charge in [0, 0.05) is 22.2 Å². The van der Waals surface area contributed by atoms with Gasteiger partial charge in [0.25, 0.3) is 0 Å². The fourth-order valence-electron chi connectivity index (χ4n) is 2.56. The Labute approximate surface area is 209 Å². The van der Waals surface area contributed by atoms with Crippen molar-refractivity contribution >= 4 is 27.8 Å². The van der Waals surface area contributed by atoms with E-state index in [1.54, 1.807) is 0 Å². The van der Waals surface area contributed by atoms with Gasteiger partial charge in [-0.3, -0.25) is 9.97 Å². The Morgan fingerprint density at radius 2 is 1.09 bits per heavy atom. The van der Waals surface area contributed by atoms with Gasteiger partial charge >= 0.3 is 16.8 Å². The molecule has 0 aliphatic heterocycles. The Kier molecular flexibility index (Phi) is 19.2. The number of pyridine rings is 2. The normalized spacial score (nSPS) is 8.40. The first kappa shape index (κ1) is 38.3. The molecule has 0 saturated carbocycles. The number of nitrogens with zero attached hydrogens (tertiary/aromatic N) is 3. The summed E-state index contributed by atoms with van der Waals surface area (Å²) in [6.07, 6.45) is 0. The molecule has 35 heavy (non-hydrogen) atoms. The van der Waals surface area contributed by atoms with E-state index >= 15 is 0 Å². The largest absolute Gasteiger partial charge is 2.00 e. The van der Waals surface area contributed by atoms with E-state index < -0.39 is 11.1 Å². The third kappa shape index (κ3) is 11.7. The molecule has 0 spiro atoms. The van der Waals surface area contributed by atoms with Gasteiger partial charge in [-0.25, -0.2) is 0 Å². The molecule has 1 radical (unpaired) electrons. The summed E-state index contributed by atoms with van der Waals surface area (Å²) in [6, 6.07) is 17.6. The Morgan fingerprint density at radius 1 is 0.771 bits per heavy atom. The molecule has 0 atom stereocenters. The van der Waals surface area contributed by atoms with Crippen LogP contribution in [0, 0.1) is 29.2 Å². The number of phenols is 1. The van der Waals surface area contributed by atoms with E-state index in [-0.39, 0.29) is 50.0 Å². The number of benzene rings is 2. The van der Waals surface area contributed by atoms with Crippen LogP contribution in [0.3, 0.4) is 0 Å². The molecule has 0 fully saturated rings. The first-order valence-corrected chi connectivity index (χ1v) is 8.63. The Morgan fingerprint density at radius 3 is 1.40 bits per heavy atom. The summed E-state index contributed by atoms with van der Waals surface area (Å²) < 4.78 is 0. The molecular formula is C21H27CoN3O10+2. The van der Waals surface area contributed by atoms with E-state index in [2.05, 4.69) is 34.2 Å². The number of carbonyl (C=O) groups excluding carboxylic acids is 1. The van der Waals surface area contributed by atoms with Gasteiger partial charge in [0.1, 0.15) is 5.75 Å². The number of carboxylic acids is 1. The molecule has 0 unspecified atom stereocenters. The Hall–Kier alpha value is -3.92. The number of aromatic carboxylic acids is 1. The van der Waals surface area contributed by atoms with Crippen molar-refractivity contribution in [2.24, 2.45) is 0 Å². The smallest absolute Gasteiger partial charge is 0.545 e. The van der Waals surface area contributed by atoms with E-state index in [0.717, 1.165) is 33.2 Å². The number of carboxylic acid groups (broad SMARTS) is 1. The number of rotatable bonds is 1. The second kappa shape index (κ2) is 17.5. The van der Waals surface area contributed by atoms with Crippen molar-refractivity contribution < 1.29 is 58.8 Å². The summed E-state index contributed by atoms with van der Waals surface area (Å²) in [4.78, 5) is 27.5. The van der Waals surface area contributed by atoms with Crippen LogP contribution in [0.1, 0.15) is 21.7 Å². The fraction of sp³-hybridized carbons (Fsp3) is 0.0952. The van der Waals surface area contributed by atoms with Gasteiger partial charge in [0.2, 0.25) is 0 Å². The maximum atomic E-state index is 10.1. The van der Waals surface area contributed by atoms with Gasteiger partial charge < -0.3 is 52.2 Å². The standard InChI is InChI=1S/C14H12N2.C7H6O3.Co.NO3.4H2O/c1-9-3-5-11-7-8-12-6-4-10(2)16-14(12)13(11)15-9;8-6-3-1-5(2-4-6)7(9)10;;2-1(3)4;;;;/h3-8H,1-2H3;1-4,8H,(H,9,10);;;4*1H2/q;;+2;-1;;;;/p+1. The number of aromatic nitrogens is 2. The minimum atomic E-state index is -1.75. The maximum Gasteiger partial charge on any atom is 2.00 e. The monoisotopic (exact) mass is 540 g/mol. The van der Waals surface area contributed by atoms with Crippen LogP contribution in [0.25, 0.3) is 21.8 Å². The van der Waals surface area contributed by atoms with Crippen molar-refractivity contribution in [2.75, 3.05) is 0 Å². The molecule has 14 heteroatoms. The van der Waals surface area contributed by atoms with Crippen molar-refractivity contribution in [1.82, 2.24) is 9.97 Å². The van der Waals surface area contributed by atoms with Crippen LogP contribution in [0.5, 0.6) is 5.75 Å². The first-order valence-electron chi connectivity index (χ1n) is 8.63. The zero-order chi connectivity index (χ0) is 22.3. The van der Waals surface area contributed by atoms with Crippen LogP contribution in [0.15, 0.2) is 60.7 Å². The zero-order valence-electron chi connectivity index (χ0n) is 18.6. The van der Waals surface area contributed by atoms with E-state index in [4.69, 9.17) is 20.4 Å². The summed E-state index contributed by atoms with van der Waals surface area (Å²) in [5.41, 5.74) is 4.13. The van der Waals surface area contributed by atoms with Crippen molar-refractivity contribution in [3.63, 3.8) is 0 Å². The zero-order valence-corrected chi connectivity index (χ0v) is 19.6. The molecule has 2 aromatic carbocycles. The molecule has 0 aliphatic carbocycles. The van der Waals surface area contributed by atoms with Crippen molar-refractivity contribution in [3.8, 4) is 5.75 Å². The molecule has 13 nitrogen and oxygen atoms in total. The molecule has 193 valence electrons. The van der Waals surface area contributed by atoms with Crippen LogP contribution >= 0.6 is 0 Å². The topological polar surface area (TPSA) is 281 Å². The minimum Gasteiger partial charge on any atom is -0.545 e. The summed E-state index contributed by atoms with van der Waals surface area (Å²) in [5, 5.41) is 35.9. The SMILES string of the molecule is Cc1ccc2ccc3ccc(C)nc3c2n1.O.O.O=C([O-])c1ccc(O)cc1.O=[N+]([O-])[O-].[Co+2].[OH3+].[OH3+]. The Balaban J connectivity index is -0.000000224. The summed E-state index contributed by atoms with van der Waals surface area (Å²) in [5.74, 6) is -1.19. The molecule has 0 saturated heterocycles. The van der Waals surface area contributed by atoms with Gasteiger partial charge in [0.05, 0.1) is 22.1 Å². The number of hydrogen-bond donors (Lipinski definition) is 1. The molecule has 4 aromatic rings. The number of aryl methyl sites for hydroxylation is 2. The number of fused-ring (bicyclic) bond motifs is 3. The van der Waals surface area contributed by atoms with Gasteiger partial charge in [-0.15, -0.1) is 0 Å². The first-order chi connectivity index (χ1) is 14.2. The number of hydrogen-bond acceptors (Lipinski definition) is 8.